The molecule has 0 aliphatic carbocycles. The zero-order chi connectivity index (χ0) is 18.3. The highest BCUT2D eigenvalue weighted by Gasteiger charge is 2.24. The average molecular weight is 366 g/mol. The molecule has 0 unspecified atom stereocenters. The second-order valence-electron chi connectivity index (χ2n) is 6.64. The summed E-state index contributed by atoms with van der Waals surface area (Å²) in [5, 5.41) is 13.3. The number of aromatic nitrogens is 4. The number of aromatic amines is 1. The van der Waals surface area contributed by atoms with Gasteiger partial charge in [0, 0.05) is 22.7 Å². The molecule has 1 N–H and O–H groups in total. The Hall–Kier alpha value is -2.47. The lowest BCUT2D eigenvalue weighted by Gasteiger charge is -2.18. The van der Waals surface area contributed by atoms with Gasteiger partial charge in [0.25, 0.3) is 0 Å². The first-order valence-corrected chi connectivity index (χ1v) is 9.78. The third-order valence-corrected chi connectivity index (χ3v) is 5.87. The summed E-state index contributed by atoms with van der Waals surface area (Å²) in [6.45, 7) is 11.4. The molecule has 0 amide bonds. The van der Waals surface area contributed by atoms with Crippen LogP contribution in [-0.4, -0.2) is 26.4 Å². The molecule has 3 heterocycles. The van der Waals surface area contributed by atoms with Gasteiger partial charge < -0.3 is 4.90 Å². The summed E-state index contributed by atoms with van der Waals surface area (Å²) in [7, 11) is 0. The van der Waals surface area contributed by atoms with Crippen molar-refractivity contribution in [3.8, 4) is 0 Å². The summed E-state index contributed by atoms with van der Waals surface area (Å²) in [5.41, 5.74) is 4.61. The Morgan fingerprint density at radius 3 is 2.81 bits per heavy atom. The van der Waals surface area contributed by atoms with Gasteiger partial charge in [-0.05, 0) is 43.5 Å². The number of fused-ring (bicyclic) bond motifs is 2. The predicted molar refractivity (Wildman–Crippen MR) is 109 cm³/mol. The molecule has 1 aliphatic heterocycles. The Balaban J connectivity index is 1.72. The van der Waals surface area contributed by atoms with Crippen LogP contribution in [0.2, 0.25) is 0 Å². The van der Waals surface area contributed by atoms with Crippen LogP contribution in [0.5, 0.6) is 0 Å². The fourth-order valence-corrected chi connectivity index (χ4v) is 4.60. The molecular weight excluding hydrogens is 342 g/mol. The first-order valence-electron chi connectivity index (χ1n) is 8.96. The molecule has 134 valence electrons. The maximum absolute atomic E-state index is 4.38. The van der Waals surface area contributed by atoms with Gasteiger partial charge in [-0.15, -0.1) is 10.2 Å². The van der Waals surface area contributed by atoms with E-state index in [1.54, 1.807) is 6.08 Å². The predicted octanol–water partition coefficient (Wildman–Crippen LogP) is 4.84. The highest BCUT2D eigenvalue weighted by Crippen LogP contribution is 2.45. The van der Waals surface area contributed by atoms with E-state index in [0.29, 0.717) is 5.92 Å². The van der Waals surface area contributed by atoms with Crippen LogP contribution in [0.25, 0.3) is 11.7 Å². The van der Waals surface area contributed by atoms with Crippen LogP contribution in [0, 0.1) is 0 Å². The first kappa shape index (κ1) is 17.0. The molecule has 0 saturated carbocycles. The Labute approximate surface area is 157 Å². The Kier molecular flexibility index (Phi) is 4.36. The second-order valence-corrected chi connectivity index (χ2v) is 7.70. The number of hydrogen-bond acceptors (Lipinski definition) is 4. The SMILES string of the molecule is C=Cc1nnc2c(CC=C3Sc4ccccc4N3CC)c(C(C)C)[nH]n12. The number of rotatable bonds is 5. The lowest BCUT2D eigenvalue weighted by Crippen LogP contribution is -2.16. The molecule has 4 rings (SSSR count). The number of allylic oxidation sites excluding steroid dienone is 1. The number of anilines is 1. The maximum atomic E-state index is 4.38. The summed E-state index contributed by atoms with van der Waals surface area (Å²) in [6, 6.07) is 8.58. The van der Waals surface area contributed by atoms with Gasteiger partial charge in [0.2, 0.25) is 0 Å². The van der Waals surface area contributed by atoms with Gasteiger partial charge in [0.05, 0.1) is 10.7 Å². The number of nitrogens with zero attached hydrogens (tertiary/aromatic N) is 4. The van der Waals surface area contributed by atoms with Crippen molar-refractivity contribution in [2.45, 2.75) is 38.0 Å². The standard InChI is InChI=1S/C20H23N5S/c1-5-17-21-22-20-14(19(13(3)4)23-25(17)20)11-12-18-24(6-2)15-9-7-8-10-16(15)26-18/h5,7-10,12-13,23H,1,6,11H2,2-4H3. The second kappa shape index (κ2) is 6.68. The van der Waals surface area contributed by atoms with Crippen molar-refractivity contribution in [3.63, 3.8) is 0 Å². The highest BCUT2D eigenvalue weighted by molar-refractivity contribution is 8.03. The normalized spacial score (nSPS) is 15.4. The van der Waals surface area contributed by atoms with E-state index in [4.69, 9.17) is 0 Å². The van der Waals surface area contributed by atoms with Gasteiger partial charge >= 0.3 is 0 Å². The molecule has 0 saturated heterocycles. The molecule has 1 aromatic carbocycles. The number of nitrogens with one attached hydrogen (secondary N) is 1. The van der Waals surface area contributed by atoms with Crippen molar-refractivity contribution in [2.24, 2.45) is 0 Å². The summed E-state index contributed by atoms with van der Waals surface area (Å²) in [4.78, 5) is 3.69. The number of benzene rings is 1. The van der Waals surface area contributed by atoms with Crippen LogP contribution >= 0.6 is 11.8 Å². The number of thioether (sulfide) groups is 1. The molecule has 5 nitrogen and oxygen atoms in total. The van der Waals surface area contributed by atoms with Gasteiger partial charge in [-0.1, -0.05) is 44.3 Å². The fraction of sp³-hybridized carbons (Fsp3) is 0.300. The van der Waals surface area contributed by atoms with Gasteiger partial charge in [0.15, 0.2) is 11.5 Å². The quantitative estimate of drug-likeness (QED) is 0.703. The van der Waals surface area contributed by atoms with E-state index >= 15 is 0 Å². The molecule has 2 aromatic heterocycles. The number of para-hydroxylation sites is 1. The summed E-state index contributed by atoms with van der Waals surface area (Å²) in [5.74, 6) is 1.14. The van der Waals surface area contributed by atoms with Gasteiger partial charge in [-0.2, -0.15) is 0 Å². The van der Waals surface area contributed by atoms with Gasteiger partial charge in [-0.25, -0.2) is 4.52 Å². The van der Waals surface area contributed by atoms with Crippen LogP contribution < -0.4 is 4.90 Å². The largest absolute Gasteiger partial charge is 0.336 e. The molecular formula is C20H23N5S. The van der Waals surface area contributed by atoms with Crippen molar-refractivity contribution in [2.75, 3.05) is 11.4 Å². The highest BCUT2D eigenvalue weighted by atomic mass is 32.2. The molecule has 0 fully saturated rings. The summed E-state index contributed by atoms with van der Waals surface area (Å²) >= 11 is 1.84. The minimum Gasteiger partial charge on any atom is -0.336 e. The van der Waals surface area contributed by atoms with Gasteiger partial charge in [-0.3, -0.25) is 5.10 Å². The molecule has 0 spiro atoms. The van der Waals surface area contributed by atoms with Crippen molar-refractivity contribution >= 4 is 29.2 Å². The van der Waals surface area contributed by atoms with E-state index in [9.17, 15) is 0 Å². The van der Waals surface area contributed by atoms with Crippen molar-refractivity contribution in [1.82, 2.24) is 19.8 Å². The van der Waals surface area contributed by atoms with Crippen molar-refractivity contribution in [1.29, 1.82) is 0 Å². The van der Waals surface area contributed by atoms with E-state index in [1.165, 1.54) is 26.9 Å². The molecule has 26 heavy (non-hydrogen) atoms. The monoisotopic (exact) mass is 365 g/mol. The van der Waals surface area contributed by atoms with Gasteiger partial charge in [0.1, 0.15) is 0 Å². The van der Waals surface area contributed by atoms with Crippen LogP contribution in [-0.2, 0) is 6.42 Å². The number of H-pyrrole nitrogens is 1. The fourth-order valence-electron chi connectivity index (χ4n) is 3.44. The van der Waals surface area contributed by atoms with Crippen LogP contribution in [0.1, 0.15) is 43.8 Å². The van der Waals surface area contributed by atoms with Crippen LogP contribution in [0.15, 0.2) is 46.8 Å². The van der Waals surface area contributed by atoms with Crippen molar-refractivity contribution in [3.05, 3.63) is 59.0 Å². The third-order valence-electron chi connectivity index (χ3n) is 4.71. The van der Waals surface area contributed by atoms with E-state index in [-0.39, 0.29) is 0 Å². The Morgan fingerprint density at radius 1 is 1.27 bits per heavy atom. The summed E-state index contributed by atoms with van der Waals surface area (Å²) in [6.07, 6.45) is 4.86. The molecule has 6 heteroatoms. The molecule has 0 bridgehead atoms. The lowest BCUT2D eigenvalue weighted by atomic mass is 10.0. The van der Waals surface area contributed by atoms with E-state index in [0.717, 1.165) is 24.4 Å². The minimum atomic E-state index is 0.387. The minimum absolute atomic E-state index is 0.387. The topological polar surface area (TPSA) is 49.2 Å². The lowest BCUT2D eigenvalue weighted by molar-refractivity contribution is 0.775. The smallest absolute Gasteiger partial charge is 0.181 e. The first-order chi connectivity index (χ1) is 12.6. The molecule has 0 radical (unpaired) electrons. The van der Waals surface area contributed by atoms with E-state index < -0.39 is 0 Å². The maximum Gasteiger partial charge on any atom is 0.181 e. The van der Waals surface area contributed by atoms with Crippen LogP contribution in [0.4, 0.5) is 5.69 Å². The summed E-state index contributed by atoms with van der Waals surface area (Å²) < 4.78 is 1.93. The average Bonchev–Trinajstić information content (AvgIpc) is 3.30. The zero-order valence-corrected chi connectivity index (χ0v) is 16.2. The third kappa shape index (κ3) is 2.65. The van der Waals surface area contributed by atoms with E-state index in [2.05, 4.69) is 77.9 Å². The molecule has 1 aliphatic rings. The number of hydrogen-bond donors (Lipinski definition) is 1. The Bertz CT molecular complexity index is 995. The molecule has 3 aromatic rings. The van der Waals surface area contributed by atoms with E-state index in [1.807, 2.05) is 16.3 Å². The molecule has 0 atom stereocenters. The van der Waals surface area contributed by atoms with Crippen LogP contribution in [0.3, 0.4) is 0 Å². The van der Waals surface area contributed by atoms with Crippen molar-refractivity contribution < 1.29 is 0 Å². The zero-order valence-electron chi connectivity index (χ0n) is 15.4. The Morgan fingerprint density at radius 2 is 2.08 bits per heavy atom.